The van der Waals surface area contributed by atoms with Crippen molar-refractivity contribution in [2.75, 3.05) is 12.5 Å². The number of hydrogen-bond donors (Lipinski definition) is 0. The van der Waals surface area contributed by atoms with Gasteiger partial charge in [0.1, 0.15) is 6.04 Å². The smallest absolute Gasteiger partial charge is 0.332 e. The van der Waals surface area contributed by atoms with E-state index < -0.39 is 33.7 Å². The molecular formula is C13H21NO6S2. The Morgan fingerprint density at radius 3 is 2.64 bits per heavy atom. The summed E-state index contributed by atoms with van der Waals surface area (Å²) in [4.78, 5) is 25.4. The first-order valence-corrected chi connectivity index (χ1v) is 9.52. The third kappa shape index (κ3) is 3.57. The van der Waals surface area contributed by atoms with E-state index in [1.165, 1.54) is 4.90 Å². The number of amides is 1. The second-order valence-electron chi connectivity index (χ2n) is 6.40. The number of carbonyl (C=O) groups is 2. The molecule has 22 heavy (non-hydrogen) atoms. The third-order valence-corrected chi connectivity index (χ3v) is 6.54. The molecule has 2 fully saturated rings. The first-order valence-electron chi connectivity index (χ1n) is 7.06. The number of ether oxygens (including phenoxy) is 1. The van der Waals surface area contributed by atoms with Gasteiger partial charge in [-0.1, -0.05) is 13.8 Å². The minimum absolute atomic E-state index is 0.00522. The molecule has 0 aromatic heterocycles. The van der Waals surface area contributed by atoms with E-state index in [4.69, 9.17) is 4.74 Å². The number of thioether (sulfide) groups is 1. The maximum atomic E-state index is 12.2. The Hall–Kier alpha value is -0.800. The molecule has 126 valence electrons. The van der Waals surface area contributed by atoms with E-state index in [2.05, 4.69) is 4.18 Å². The van der Waals surface area contributed by atoms with E-state index in [1.54, 1.807) is 25.6 Å². The van der Waals surface area contributed by atoms with Crippen molar-refractivity contribution in [3.63, 3.8) is 0 Å². The summed E-state index contributed by atoms with van der Waals surface area (Å²) in [5.41, 5.74) is 0. The standard InChI is InChI=1S/C13H21NO6S2/c1-8(2)6-22(17,18)20-7-19-12(16)11-13(3,4)21-10-5-9(15)14(10)11/h8,10-11H,5-7H2,1-4H3/t10-,11+/m1/s1. The molecule has 0 N–H and O–H groups in total. The predicted octanol–water partition coefficient (Wildman–Crippen LogP) is 0.942. The lowest BCUT2D eigenvalue weighted by Gasteiger charge is -2.37. The highest BCUT2D eigenvalue weighted by Crippen LogP contribution is 2.50. The van der Waals surface area contributed by atoms with Gasteiger partial charge in [-0.2, -0.15) is 8.42 Å². The van der Waals surface area contributed by atoms with Crippen LogP contribution in [0, 0.1) is 5.92 Å². The molecule has 0 bridgehead atoms. The molecule has 2 aliphatic heterocycles. The monoisotopic (exact) mass is 351 g/mol. The van der Waals surface area contributed by atoms with Crippen LogP contribution in [0.2, 0.25) is 0 Å². The van der Waals surface area contributed by atoms with Crippen molar-refractivity contribution in [1.29, 1.82) is 0 Å². The van der Waals surface area contributed by atoms with Crippen LogP contribution in [0.4, 0.5) is 0 Å². The van der Waals surface area contributed by atoms with E-state index in [-0.39, 0.29) is 23.0 Å². The Morgan fingerprint density at radius 2 is 2.09 bits per heavy atom. The largest absolute Gasteiger partial charge is 0.436 e. The fourth-order valence-electron chi connectivity index (χ4n) is 2.65. The number of esters is 1. The van der Waals surface area contributed by atoms with Crippen LogP contribution in [0.3, 0.4) is 0 Å². The summed E-state index contributed by atoms with van der Waals surface area (Å²) in [7, 11) is -3.71. The highest BCUT2D eigenvalue weighted by atomic mass is 32.2. The van der Waals surface area contributed by atoms with Gasteiger partial charge in [0, 0.05) is 4.75 Å². The van der Waals surface area contributed by atoms with Gasteiger partial charge in [0.25, 0.3) is 10.1 Å². The Kier molecular flexibility index (Phi) is 4.79. The lowest BCUT2D eigenvalue weighted by Crippen LogP contribution is -2.57. The number of nitrogens with zero attached hydrogens (tertiary/aromatic N) is 1. The van der Waals surface area contributed by atoms with Crippen LogP contribution in [0.25, 0.3) is 0 Å². The molecule has 2 heterocycles. The quantitative estimate of drug-likeness (QED) is 0.304. The van der Waals surface area contributed by atoms with Gasteiger partial charge in [-0.3, -0.25) is 4.79 Å². The number of rotatable bonds is 6. The fraction of sp³-hybridized carbons (Fsp3) is 0.846. The molecular weight excluding hydrogens is 330 g/mol. The van der Waals surface area contributed by atoms with Crippen LogP contribution in [-0.4, -0.2) is 53.9 Å². The van der Waals surface area contributed by atoms with Gasteiger partial charge in [-0.25, -0.2) is 8.98 Å². The van der Waals surface area contributed by atoms with E-state index in [0.29, 0.717) is 6.42 Å². The van der Waals surface area contributed by atoms with Crippen molar-refractivity contribution in [1.82, 2.24) is 4.90 Å². The Bertz CT molecular complexity index is 571. The summed E-state index contributed by atoms with van der Waals surface area (Å²) in [6, 6.07) is -0.708. The molecule has 2 atom stereocenters. The third-order valence-electron chi connectivity index (χ3n) is 3.51. The maximum absolute atomic E-state index is 12.2. The minimum Gasteiger partial charge on any atom is -0.436 e. The van der Waals surface area contributed by atoms with Crippen molar-refractivity contribution in [3.8, 4) is 0 Å². The van der Waals surface area contributed by atoms with Gasteiger partial charge in [0.15, 0.2) is 0 Å². The predicted molar refractivity (Wildman–Crippen MR) is 81.4 cm³/mol. The van der Waals surface area contributed by atoms with Crippen molar-refractivity contribution in [3.05, 3.63) is 0 Å². The second-order valence-corrected chi connectivity index (χ2v) is 9.92. The van der Waals surface area contributed by atoms with E-state index >= 15 is 0 Å². The van der Waals surface area contributed by atoms with Crippen LogP contribution in [0.5, 0.6) is 0 Å². The Morgan fingerprint density at radius 1 is 1.45 bits per heavy atom. The van der Waals surface area contributed by atoms with Gasteiger partial charge >= 0.3 is 5.97 Å². The molecule has 2 saturated heterocycles. The summed E-state index contributed by atoms with van der Waals surface area (Å²) >= 11 is 1.55. The molecule has 0 unspecified atom stereocenters. The normalized spacial score (nSPS) is 26.8. The zero-order valence-electron chi connectivity index (χ0n) is 13.1. The van der Waals surface area contributed by atoms with Crippen LogP contribution in [0.1, 0.15) is 34.1 Å². The van der Waals surface area contributed by atoms with Gasteiger partial charge in [0.2, 0.25) is 12.7 Å². The lowest BCUT2D eigenvalue weighted by molar-refractivity contribution is -0.165. The molecule has 2 aliphatic rings. The van der Waals surface area contributed by atoms with Gasteiger partial charge in [-0.15, -0.1) is 11.8 Å². The highest BCUT2D eigenvalue weighted by molar-refractivity contribution is 8.01. The molecule has 2 rings (SSSR count). The van der Waals surface area contributed by atoms with E-state index in [1.807, 2.05) is 13.8 Å². The summed E-state index contributed by atoms with van der Waals surface area (Å²) in [6.45, 7) is 6.58. The molecule has 0 radical (unpaired) electrons. The molecule has 0 aromatic carbocycles. The molecule has 0 aliphatic carbocycles. The van der Waals surface area contributed by atoms with Crippen molar-refractivity contribution >= 4 is 33.8 Å². The summed E-state index contributed by atoms with van der Waals surface area (Å²) in [6.07, 6.45) is 0.428. The van der Waals surface area contributed by atoms with Crippen LogP contribution in [0.15, 0.2) is 0 Å². The zero-order chi connectivity index (χ0) is 16.7. The minimum atomic E-state index is -3.71. The Balaban J connectivity index is 1.91. The average molecular weight is 351 g/mol. The Labute approximate surface area is 134 Å². The van der Waals surface area contributed by atoms with Crippen molar-refractivity contribution < 1.29 is 26.9 Å². The fourth-order valence-corrected chi connectivity index (χ4v) is 5.37. The molecule has 1 amide bonds. The number of carbonyl (C=O) groups excluding carboxylic acids is 2. The zero-order valence-corrected chi connectivity index (χ0v) is 14.7. The number of hydrogen-bond acceptors (Lipinski definition) is 7. The number of fused-ring (bicyclic) bond motifs is 1. The molecule has 0 spiro atoms. The molecule has 0 saturated carbocycles. The average Bonchev–Trinajstić information content (AvgIpc) is 2.53. The lowest BCUT2D eigenvalue weighted by atomic mass is 9.98. The van der Waals surface area contributed by atoms with Crippen LogP contribution >= 0.6 is 11.8 Å². The molecule has 0 aromatic rings. The van der Waals surface area contributed by atoms with Gasteiger partial charge in [-0.05, 0) is 19.8 Å². The molecule has 9 heteroatoms. The van der Waals surface area contributed by atoms with Gasteiger partial charge in [0.05, 0.1) is 17.5 Å². The summed E-state index contributed by atoms with van der Waals surface area (Å²) in [5, 5.41) is 0.00522. The SMILES string of the molecule is CC(C)CS(=O)(=O)OCOC(=O)[C@@H]1N2C(=O)C[C@H]2SC1(C)C. The van der Waals surface area contributed by atoms with E-state index in [9.17, 15) is 18.0 Å². The highest BCUT2D eigenvalue weighted by Gasteiger charge is 2.59. The second kappa shape index (κ2) is 6.01. The first kappa shape index (κ1) is 17.6. The maximum Gasteiger partial charge on any atom is 0.332 e. The van der Waals surface area contributed by atoms with Crippen molar-refractivity contribution in [2.45, 2.75) is 50.3 Å². The van der Waals surface area contributed by atoms with Crippen LogP contribution < -0.4 is 0 Å². The number of β-lactam (4-membered cyclic amide) rings is 1. The van der Waals surface area contributed by atoms with Gasteiger partial charge < -0.3 is 9.64 Å². The van der Waals surface area contributed by atoms with Crippen LogP contribution in [-0.2, 0) is 28.6 Å². The topological polar surface area (TPSA) is 90.0 Å². The van der Waals surface area contributed by atoms with E-state index in [0.717, 1.165) is 0 Å². The first-order chi connectivity index (χ1) is 10.0. The molecule has 7 nitrogen and oxygen atoms in total. The van der Waals surface area contributed by atoms with Crippen molar-refractivity contribution in [2.24, 2.45) is 5.92 Å². The summed E-state index contributed by atoms with van der Waals surface area (Å²) < 4.78 is 32.3. The summed E-state index contributed by atoms with van der Waals surface area (Å²) in [5.74, 6) is -0.932.